The van der Waals surface area contributed by atoms with Crippen LogP contribution in [0.1, 0.15) is 258 Å². The van der Waals surface area contributed by atoms with E-state index in [4.69, 9.17) is 14.2 Å². The van der Waals surface area contributed by atoms with E-state index in [1.54, 1.807) is 0 Å². The molecule has 1 unspecified atom stereocenters. The number of rotatable bonds is 53. The molecule has 0 saturated carbocycles. The van der Waals surface area contributed by atoms with E-state index in [9.17, 15) is 14.4 Å². The molecule has 0 aromatic carbocycles. The van der Waals surface area contributed by atoms with E-state index in [1.165, 1.54) is 57.8 Å². The summed E-state index contributed by atoms with van der Waals surface area (Å²) in [6, 6.07) is 0. The van der Waals surface area contributed by atoms with Gasteiger partial charge in [0.05, 0.1) is 0 Å². The van der Waals surface area contributed by atoms with Gasteiger partial charge in [-0.05, 0) is 135 Å². The fourth-order valence-electron chi connectivity index (χ4n) is 7.90. The highest BCUT2D eigenvalue weighted by Gasteiger charge is 2.19. The molecule has 0 aliphatic rings. The van der Waals surface area contributed by atoms with Crippen molar-refractivity contribution in [3.63, 3.8) is 0 Å². The van der Waals surface area contributed by atoms with Crippen LogP contribution >= 0.6 is 0 Å². The minimum absolute atomic E-state index is 0.105. The zero-order valence-corrected chi connectivity index (χ0v) is 47.8. The van der Waals surface area contributed by atoms with E-state index in [2.05, 4.69) is 154 Å². The van der Waals surface area contributed by atoms with Crippen molar-refractivity contribution in [2.24, 2.45) is 0 Å². The quantitative estimate of drug-likeness (QED) is 0.0261. The number of carbonyl (C=O) groups is 3. The van der Waals surface area contributed by atoms with Crippen LogP contribution in [0.2, 0.25) is 0 Å². The number of esters is 3. The lowest BCUT2D eigenvalue weighted by atomic mass is 10.1. The predicted octanol–water partition coefficient (Wildman–Crippen LogP) is 20.6. The van der Waals surface area contributed by atoms with Gasteiger partial charge < -0.3 is 14.2 Å². The fourth-order valence-corrected chi connectivity index (χ4v) is 7.90. The van der Waals surface area contributed by atoms with Crippen LogP contribution < -0.4 is 0 Å². The molecule has 0 amide bonds. The molecule has 0 aliphatic carbocycles. The Morgan fingerprint density at radius 2 is 0.527 bits per heavy atom. The number of ether oxygens (including phenoxy) is 3. The first kappa shape index (κ1) is 69.5. The molecule has 0 rings (SSSR count). The Kier molecular flexibility index (Phi) is 57.4. The third-order valence-corrected chi connectivity index (χ3v) is 12.4. The van der Waals surface area contributed by atoms with Gasteiger partial charge in [0.15, 0.2) is 6.10 Å². The van der Waals surface area contributed by atoms with Gasteiger partial charge in [0.1, 0.15) is 13.2 Å². The van der Waals surface area contributed by atoms with E-state index in [1.807, 2.05) is 0 Å². The Balaban J connectivity index is 4.48. The average molecular weight is 1020 g/mol. The molecule has 0 saturated heterocycles. The third kappa shape index (κ3) is 58.4. The van der Waals surface area contributed by atoms with Crippen LogP contribution in [-0.2, 0) is 28.6 Å². The van der Waals surface area contributed by atoms with Crippen molar-refractivity contribution in [3.05, 3.63) is 134 Å². The lowest BCUT2D eigenvalue weighted by Crippen LogP contribution is -2.30. The SMILES string of the molecule is CC/C=C\C/C=C\C/C=C\C/C=C\C/C=C\C/C=C\C/C=C\CCCCCC(=O)OCC(COC(=O)CCCCCCC/C=C\C/C=C\C/C=C\CC)OC(=O)CCCCCCC/C=C\CCCCCCCCC. The molecule has 0 heterocycles. The highest BCUT2D eigenvalue weighted by atomic mass is 16.6. The van der Waals surface area contributed by atoms with Crippen molar-refractivity contribution in [1.82, 2.24) is 0 Å². The largest absolute Gasteiger partial charge is 0.462 e. The molecule has 6 heteroatoms. The summed E-state index contributed by atoms with van der Waals surface area (Å²) >= 11 is 0. The molecular formula is C68H110O6. The molecule has 0 aromatic heterocycles. The number of unbranched alkanes of at least 4 members (excludes halogenated alkanes) is 20. The Bertz CT molecular complexity index is 1600. The van der Waals surface area contributed by atoms with Gasteiger partial charge in [0.2, 0.25) is 0 Å². The van der Waals surface area contributed by atoms with Gasteiger partial charge in [-0.25, -0.2) is 0 Å². The molecule has 74 heavy (non-hydrogen) atoms. The molecule has 0 spiro atoms. The monoisotopic (exact) mass is 1020 g/mol. The summed E-state index contributed by atoms with van der Waals surface area (Å²) in [5.41, 5.74) is 0. The highest BCUT2D eigenvalue weighted by Crippen LogP contribution is 2.14. The number of allylic oxidation sites excluding steroid dienone is 22. The van der Waals surface area contributed by atoms with Crippen LogP contribution in [0.15, 0.2) is 134 Å². The fraction of sp³-hybridized carbons (Fsp3) is 0.632. The lowest BCUT2D eigenvalue weighted by Gasteiger charge is -2.18. The molecule has 0 fully saturated rings. The van der Waals surface area contributed by atoms with E-state index >= 15 is 0 Å². The van der Waals surface area contributed by atoms with Crippen molar-refractivity contribution in [2.75, 3.05) is 13.2 Å². The molecule has 1 atom stereocenters. The van der Waals surface area contributed by atoms with Crippen molar-refractivity contribution < 1.29 is 28.6 Å². The second-order valence-electron chi connectivity index (χ2n) is 19.5. The van der Waals surface area contributed by atoms with Gasteiger partial charge in [-0.3, -0.25) is 14.4 Å². The zero-order valence-electron chi connectivity index (χ0n) is 47.8. The minimum atomic E-state index is -0.809. The maximum Gasteiger partial charge on any atom is 0.306 e. The van der Waals surface area contributed by atoms with Gasteiger partial charge >= 0.3 is 17.9 Å². The molecule has 6 nitrogen and oxygen atoms in total. The molecule has 0 N–H and O–H groups in total. The summed E-state index contributed by atoms with van der Waals surface area (Å²) in [7, 11) is 0. The van der Waals surface area contributed by atoms with Crippen molar-refractivity contribution >= 4 is 17.9 Å². The van der Waals surface area contributed by atoms with Crippen LogP contribution in [-0.4, -0.2) is 37.2 Å². The highest BCUT2D eigenvalue weighted by molar-refractivity contribution is 5.71. The Morgan fingerprint density at radius 1 is 0.284 bits per heavy atom. The summed E-state index contributed by atoms with van der Waals surface area (Å²) in [6.07, 6.45) is 85.9. The van der Waals surface area contributed by atoms with Crippen molar-refractivity contribution in [2.45, 2.75) is 264 Å². The lowest BCUT2D eigenvalue weighted by molar-refractivity contribution is -0.167. The van der Waals surface area contributed by atoms with Crippen molar-refractivity contribution in [1.29, 1.82) is 0 Å². The van der Waals surface area contributed by atoms with Gasteiger partial charge in [-0.2, -0.15) is 0 Å². The number of hydrogen-bond acceptors (Lipinski definition) is 6. The van der Waals surface area contributed by atoms with Gasteiger partial charge in [0, 0.05) is 19.3 Å². The van der Waals surface area contributed by atoms with E-state index in [0.29, 0.717) is 19.3 Å². The first-order chi connectivity index (χ1) is 36.5. The number of hydrogen-bond donors (Lipinski definition) is 0. The maximum atomic E-state index is 12.9. The second-order valence-corrected chi connectivity index (χ2v) is 19.5. The molecule has 0 radical (unpaired) electrons. The first-order valence-electron chi connectivity index (χ1n) is 30.2. The van der Waals surface area contributed by atoms with Gasteiger partial charge in [-0.15, -0.1) is 0 Å². The summed E-state index contributed by atoms with van der Waals surface area (Å²) in [5, 5.41) is 0. The first-order valence-corrected chi connectivity index (χ1v) is 30.2. The van der Waals surface area contributed by atoms with Crippen LogP contribution in [0, 0.1) is 0 Å². The summed E-state index contributed by atoms with van der Waals surface area (Å²) in [6.45, 7) is 6.36. The maximum absolute atomic E-state index is 12.9. The average Bonchev–Trinajstić information content (AvgIpc) is 3.40. The standard InChI is InChI=1S/C68H110O6/c1-4-7-10-13-16-19-22-25-28-30-31-32-33-34-35-36-37-38-41-43-46-49-52-55-58-61-67(70)73-64-65(63-72-66(69)60-57-54-51-48-45-42-39-27-24-21-18-15-12-9-6-3)74-68(71)62-59-56-53-50-47-44-40-29-26-23-20-17-14-11-8-5-2/h7,9-10,12,16,18-19,21,25,27-29,31-32,34-35,37-40,43,46,65H,4-6,8,11,13-15,17,20,22-24,26,30,33,36,41-42,44-45,47-64H2,1-3H3/b10-7-,12-9-,19-16-,21-18-,28-25-,32-31-,35-34-,38-37-,39-27-,40-29-,46-43-. The molecular weight excluding hydrogens is 913 g/mol. The van der Waals surface area contributed by atoms with Crippen LogP contribution in [0.25, 0.3) is 0 Å². The van der Waals surface area contributed by atoms with Gasteiger partial charge in [0.25, 0.3) is 0 Å². The smallest absolute Gasteiger partial charge is 0.306 e. The Labute approximate surface area is 455 Å². The zero-order chi connectivity index (χ0) is 53.6. The van der Waals surface area contributed by atoms with E-state index < -0.39 is 6.10 Å². The molecule has 0 aromatic rings. The normalized spacial score (nSPS) is 13.1. The predicted molar refractivity (Wildman–Crippen MR) is 320 cm³/mol. The van der Waals surface area contributed by atoms with Crippen molar-refractivity contribution in [3.8, 4) is 0 Å². The Morgan fingerprint density at radius 3 is 0.851 bits per heavy atom. The topological polar surface area (TPSA) is 78.9 Å². The Hall–Kier alpha value is -4.45. The van der Waals surface area contributed by atoms with Crippen LogP contribution in [0.5, 0.6) is 0 Å². The van der Waals surface area contributed by atoms with Gasteiger partial charge in [-0.1, -0.05) is 238 Å². The van der Waals surface area contributed by atoms with E-state index in [-0.39, 0.29) is 31.1 Å². The molecule has 418 valence electrons. The van der Waals surface area contributed by atoms with Crippen LogP contribution in [0.4, 0.5) is 0 Å². The third-order valence-electron chi connectivity index (χ3n) is 12.4. The number of carbonyl (C=O) groups excluding carboxylic acids is 3. The summed E-state index contributed by atoms with van der Waals surface area (Å²) < 4.78 is 16.8. The minimum Gasteiger partial charge on any atom is -0.462 e. The second kappa shape index (κ2) is 61.1. The van der Waals surface area contributed by atoms with E-state index in [0.717, 1.165) is 161 Å². The summed E-state index contributed by atoms with van der Waals surface area (Å²) in [4.78, 5) is 38.2. The van der Waals surface area contributed by atoms with Crippen LogP contribution in [0.3, 0.4) is 0 Å². The summed E-state index contributed by atoms with van der Waals surface area (Å²) in [5.74, 6) is -0.964. The molecule has 0 aliphatic heterocycles. The molecule has 0 bridgehead atoms.